The minimum Gasteiger partial charge on any atom is -0.375 e. The van der Waals surface area contributed by atoms with Gasteiger partial charge in [0.25, 0.3) is 5.89 Å². The van der Waals surface area contributed by atoms with Crippen molar-refractivity contribution in [3.05, 3.63) is 34.1 Å². The van der Waals surface area contributed by atoms with Crippen molar-refractivity contribution in [2.24, 2.45) is 0 Å². The fourth-order valence-corrected chi connectivity index (χ4v) is 2.22. The summed E-state index contributed by atoms with van der Waals surface area (Å²) in [4.78, 5) is 16.8. The lowest BCUT2D eigenvalue weighted by atomic mass is 10.3. The molecule has 0 radical (unpaired) electrons. The predicted octanol–water partition coefficient (Wildman–Crippen LogP) is 1.18. The van der Waals surface area contributed by atoms with Crippen LogP contribution < -0.4 is 5.32 Å². The number of rotatable bonds is 7. The molecule has 0 saturated heterocycles. The number of thiophene rings is 1. The van der Waals surface area contributed by atoms with Gasteiger partial charge < -0.3 is 14.6 Å². The predicted molar refractivity (Wildman–Crippen MR) is 69.7 cm³/mol. The van der Waals surface area contributed by atoms with Gasteiger partial charge in [0, 0.05) is 25.0 Å². The molecule has 0 spiro atoms. The van der Waals surface area contributed by atoms with Crippen LogP contribution in [0.3, 0.4) is 0 Å². The molecule has 1 N–H and O–H groups in total. The van der Waals surface area contributed by atoms with Crippen molar-refractivity contribution >= 4 is 17.2 Å². The Balaban J connectivity index is 1.69. The van der Waals surface area contributed by atoms with Crippen LogP contribution >= 0.6 is 11.3 Å². The van der Waals surface area contributed by atoms with Crippen LogP contribution in [0.1, 0.15) is 16.6 Å². The maximum Gasteiger partial charge on any atom is 0.252 e. The van der Waals surface area contributed by atoms with E-state index in [0.29, 0.717) is 37.7 Å². The smallest absolute Gasteiger partial charge is 0.252 e. The molecular formula is C12H15N3O3S. The Labute approximate surface area is 114 Å². The molecule has 0 atom stereocenters. The standard InChI is InChI=1S/C12H15N3O3S/c1-17-8-12-14-10(15-18-12)4-5-13-11(16)7-9-3-2-6-19-9/h2-3,6H,4-5,7-8H2,1H3,(H,13,16). The first-order valence-electron chi connectivity index (χ1n) is 5.87. The van der Waals surface area contributed by atoms with E-state index in [-0.39, 0.29) is 5.91 Å². The Morgan fingerprint density at radius 1 is 1.58 bits per heavy atom. The molecule has 6 nitrogen and oxygen atoms in total. The Hall–Kier alpha value is -1.73. The first kappa shape index (κ1) is 13.7. The highest BCUT2D eigenvalue weighted by molar-refractivity contribution is 7.10. The fourth-order valence-electron chi connectivity index (χ4n) is 1.52. The second-order valence-electron chi connectivity index (χ2n) is 3.89. The molecule has 0 aromatic carbocycles. The van der Waals surface area contributed by atoms with E-state index < -0.39 is 0 Å². The summed E-state index contributed by atoms with van der Waals surface area (Å²) in [6.07, 6.45) is 0.961. The van der Waals surface area contributed by atoms with Crippen molar-refractivity contribution in [1.82, 2.24) is 15.5 Å². The van der Waals surface area contributed by atoms with Gasteiger partial charge in [0.2, 0.25) is 5.91 Å². The monoisotopic (exact) mass is 281 g/mol. The van der Waals surface area contributed by atoms with Gasteiger partial charge in [-0.2, -0.15) is 4.98 Å². The van der Waals surface area contributed by atoms with E-state index in [2.05, 4.69) is 15.5 Å². The SMILES string of the molecule is COCc1nc(CCNC(=O)Cc2cccs2)no1. The fraction of sp³-hybridized carbons (Fsp3) is 0.417. The Kier molecular flexibility index (Phi) is 5.05. The van der Waals surface area contributed by atoms with Crippen LogP contribution in [0.5, 0.6) is 0 Å². The molecule has 0 saturated carbocycles. The molecule has 0 aliphatic heterocycles. The van der Waals surface area contributed by atoms with Gasteiger partial charge in [-0.1, -0.05) is 11.2 Å². The van der Waals surface area contributed by atoms with Gasteiger partial charge in [0.15, 0.2) is 5.82 Å². The van der Waals surface area contributed by atoms with Crippen LogP contribution in [0.2, 0.25) is 0 Å². The van der Waals surface area contributed by atoms with E-state index in [0.717, 1.165) is 4.88 Å². The van der Waals surface area contributed by atoms with Crippen LogP contribution in [0.15, 0.2) is 22.0 Å². The zero-order valence-corrected chi connectivity index (χ0v) is 11.4. The van der Waals surface area contributed by atoms with Gasteiger partial charge in [-0.25, -0.2) is 0 Å². The highest BCUT2D eigenvalue weighted by Gasteiger charge is 2.07. The van der Waals surface area contributed by atoms with Crippen molar-refractivity contribution in [2.75, 3.05) is 13.7 Å². The third-order valence-electron chi connectivity index (χ3n) is 2.36. The molecule has 19 heavy (non-hydrogen) atoms. The number of amides is 1. The molecule has 0 unspecified atom stereocenters. The van der Waals surface area contributed by atoms with Crippen molar-refractivity contribution in [2.45, 2.75) is 19.4 Å². The van der Waals surface area contributed by atoms with Gasteiger partial charge in [0.1, 0.15) is 6.61 Å². The third-order valence-corrected chi connectivity index (χ3v) is 3.24. The van der Waals surface area contributed by atoms with Crippen LogP contribution in [0, 0.1) is 0 Å². The number of hydrogen-bond donors (Lipinski definition) is 1. The van der Waals surface area contributed by atoms with Crippen LogP contribution in [-0.4, -0.2) is 29.7 Å². The topological polar surface area (TPSA) is 77.2 Å². The zero-order valence-electron chi connectivity index (χ0n) is 10.6. The van der Waals surface area contributed by atoms with E-state index in [1.165, 1.54) is 0 Å². The van der Waals surface area contributed by atoms with Crippen molar-refractivity contribution < 1.29 is 14.1 Å². The molecule has 2 rings (SSSR count). The normalized spacial score (nSPS) is 10.6. The number of carbonyl (C=O) groups excluding carboxylic acids is 1. The molecule has 2 aromatic rings. The summed E-state index contributed by atoms with van der Waals surface area (Å²) in [5.74, 6) is 1.02. The number of hydrogen-bond acceptors (Lipinski definition) is 6. The average molecular weight is 281 g/mol. The van der Waals surface area contributed by atoms with Crippen LogP contribution in [-0.2, 0) is 29.0 Å². The first-order valence-corrected chi connectivity index (χ1v) is 6.75. The number of nitrogens with one attached hydrogen (secondary N) is 1. The molecule has 0 aliphatic rings. The summed E-state index contributed by atoms with van der Waals surface area (Å²) in [6, 6.07) is 3.88. The summed E-state index contributed by atoms with van der Waals surface area (Å²) in [6.45, 7) is 0.800. The van der Waals surface area contributed by atoms with E-state index in [9.17, 15) is 4.79 Å². The molecule has 2 aromatic heterocycles. The summed E-state index contributed by atoms with van der Waals surface area (Å²) >= 11 is 1.58. The maximum absolute atomic E-state index is 11.6. The maximum atomic E-state index is 11.6. The highest BCUT2D eigenvalue weighted by Crippen LogP contribution is 2.08. The quantitative estimate of drug-likeness (QED) is 0.824. The lowest BCUT2D eigenvalue weighted by Crippen LogP contribution is -2.27. The van der Waals surface area contributed by atoms with Crippen molar-refractivity contribution in [1.29, 1.82) is 0 Å². The van der Waals surface area contributed by atoms with Gasteiger partial charge in [-0.15, -0.1) is 11.3 Å². The second kappa shape index (κ2) is 7.01. The molecule has 102 valence electrons. The number of methoxy groups -OCH3 is 1. The van der Waals surface area contributed by atoms with Gasteiger partial charge >= 0.3 is 0 Å². The molecule has 2 heterocycles. The Morgan fingerprint density at radius 3 is 3.21 bits per heavy atom. The molecule has 1 amide bonds. The molecule has 0 bridgehead atoms. The molecular weight excluding hydrogens is 266 g/mol. The zero-order chi connectivity index (χ0) is 13.5. The second-order valence-corrected chi connectivity index (χ2v) is 4.93. The minimum absolute atomic E-state index is 0.00283. The molecule has 0 aliphatic carbocycles. The minimum atomic E-state index is 0.00283. The van der Waals surface area contributed by atoms with E-state index in [1.807, 2.05) is 17.5 Å². The van der Waals surface area contributed by atoms with Crippen molar-refractivity contribution in [3.8, 4) is 0 Å². The summed E-state index contributed by atoms with van der Waals surface area (Å²) in [5, 5.41) is 8.58. The van der Waals surface area contributed by atoms with E-state index in [4.69, 9.17) is 9.26 Å². The van der Waals surface area contributed by atoms with E-state index in [1.54, 1.807) is 18.4 Å². The van der Waals surface area contributed by atoms with Crippen molar-refractivity contribution in [3.63, 3.8) is 0 Å². The summed E-state index contributed by atoms with van der Waals surface area (Å²) < 4.78 is 9.83. The molecule has 7 heteroatoms. The third kappa shape index (κ3) is 4.46. The largest absolute Gasteiger partial charge is 0.375 e. The number of ether oxygens (including phenoxy) is 1. The lowest BCUT2D eigenvalue weighted by molar-refractivity contribution is -0.120. The summed E-state index contributed by atoms with van der Waals surface area (Å²) in [5.41, 5.74) is 0. The number of nitrogens with zero attached hydrogens (tertiary/aromatic N) is 2. The molecule has 0 fully saturated rings. The van der Waals surface area contributed by atoms with Gasteiger partial charge in [-0.05, 0) is 11.4 Å². The van der Waals surface area contributed by atoms with Gasteiger partial charge in [-0.3, -0.25) is 4.79 Å². The average Bonchev–Trinajstić information content (AvgIpc) is 3.02. The number of carbonyl (C=O) groups is 1. The van der Waals surface area contributed by atoms with Crippen LogP contribution in [0.4, 0.5) is 0 Å². The lowest BCUT2D eigenvalue weighted by Gasteiger charge is -2.01. The highest BCUT2D eigenvalue weighted by atomic mass is 32.1. The summed E-state index contributed by atoms with van der Waals surface area (Å²) in [7, 11) is 1.56. The van der Waals surface area contributed by atoms with Gasteiger partial charge in [0.05, 0.1) is 6.42 Å². The first-order chi connectivity index (χ1) is 9.28. The Morgan fingerprint density at radius 2 is 2.47 bits per heavy atom. The Bertz CT molecular complexity index is 510. The number of aromatic nitrogens is 2. The van der Waals surface area contributed by atoms with E-state index >= 15 is 0 Å². The van der Waals surface area contributed by atoms with Crippen LogP contribution in [0.25, 0.3) is 0 Å².